The van der Waals surface area contributed by atoms with E-state index < -0.39 is 0 Å². The average molecular weight is 335 g/mol. The number of amides is 2. The lowest BCUT2D eigenvalue weighted by Gasteiger charge is -2.11. The van der Waals surface area contributed by atoms with Crippen molar-refractivity contribution in [3.05, 3.63) is 64.8 Å². The van der Waals surface area contributed by atoms with Crippen molar-refractivity contribution in [2.45, 2.75) is 13.8 Å². The Morgan fingerprint density at radius 1 is 1.04 bits per heavy atom. The summed E-state index contributed by atoms with van der Waals surface area (Å²) >= 11 is 0. The average Bonchev–Trinajstić information content (AvgIpc) is 3.03. The number of H-pyrrole nitrogens is 1. The quantitative estimate of drug-likeness (QED) is 0.766. The Kier molecular flexibility index (Phi) is 4.31. The monoisotopic (exact) mass is 335 g/mol. The molecule has 5 heteroatoms. The summed E-state index contributed by atoms with van der Waals surface area (Å²) in [7, 11) is 3.39. The van der Waals surface area contributed by atoms with Crippen LogP contribution in [0.1, 0.15) is 32.0 Å². The van der Waals surface area contributed by atoms with Crippen LogP contribution in [0.3, 0.4) is 0 Å². The van der Waals surface area contributed by atoms with Crippen molar-refractivity contribution >= 4 is 28.4 Å². The molecule has 0 spiro atoms. The molecule has 0 unspecified atom stereocenters. The number of aryl methyl sites for hydroxylation is 2. The minimum Gasteiger partial charge on any atom is -0.351 e. The van der Waals surface area contributed by atoms with Gasteiger partial charge in [0.05, 0.1) is 0 Å². The summed E-state index contributed by atoms with van der Waals surface area (Å²) in [6, 6.07) is 12.8. The molecular formula is C20H21N3O2. The molecule has 3 rings (SSSR count). The second-order valence-corrected chi connectivity index (χ2v) is 6.39. The Balaban J connectivity index is 1.87. The first kappa shape index (κ1) is 16.8. The predicted octanol–water partition coefficient (Wildman–Crippen LogP) is 3.74. The van der Waals surface area contributed by atoms with Crippen LogP contribution in [0, 0.1) is 13.8 Å². The number of fused-ring (bicyclic) bond motifs is 1. The van der Waals surface area contributed by atoms with Gasteiger partial charge in [-0.15, -0.1) is 0 Å². The molecule has 5 nitrogen and oxygen atoms in total. The van der Waals surface area contributed by atoms with Gasteiger partial charge in [0.25, 0.3) is 11.8 Å². The van der Waals surface area contributed by atoms with Crippen LogP contribution in [0.4, 0.5) is 5.69 Å². The zero-order chi connectivity index (χ0) is 18.1. The van der Waals surface area contributed by atoms with E-state index in [0.29, 0.717) is 16.9 Å². The van der Waals surface area contributed by atoms with Crippen molar-refractivity contribution in [1.29, 1.82) is 0 Å². The molecule has 0 aliphatic carbocycles. The van der Waals surface area contributed by atoms with Crippen molar-refractivity contribution in [3.8, 4) is 0 Å². The van der Waals surface area contributed by atoms with Gasteiger partial charge in [-0.3, -0.25) is 9.59 Å². The molecule has 0 saturated carbocycles. The number of aromatic amines is 1. The first-order chi connectivity index (χ1) is 11.9. The van der Waals surface area contributed by atoms with Gasteiger partial charge >= 0.3 is 0 Å². The maximum Gasteiger partial charge on any atom is 0.272 e. The Hall–Kier alpha value is -3.08. The molecule has 0 fully saturated rings. The van der Waals surface area contributed by atoms with Gasteiger partial charge in [-0.05, 0) is 55.3 Å². The number of carbonyl (C=O) groups is 2. The van der Waals surface area contributed by atoms with Gasteiger partial charge in [0.1, 0.15) is 5.69 Å². The van der Waals surface area contributed by atoms with Gasteiger partial charge in [0, 0.05) is 36.2 Å². The molecule has 0 atom stereocenters. The SMILES string of the molecule is Cc1ccc2[nH]c(C(=O)Nc3cccc(C(=O)N(C)C)c3)cc2c1C. The van der Waals surface area contributed by atoms with E-state index in [0.717, 1.165) is 16.5 Å². The zero-order valence-electron chi connectivity index (χ0n) is 14.8. The first-order valence-electron chi connectivity index (χ1n) is 8.09. The topological polar surface area (TPSA) is 65.2 Å². The van der Waals surface area contributed by atoms with E-state index in [4.69, 9.17) is 0 Å². The Morgan fingerprint density at radius 3 is 2.52 bits per heavy atom. The minimum absolute atomic E-state index is 0.104. The fourth-order valence-electron chi connectivity index (χ4n) is 2.77. The number of anilines is 1. The molecule has 128 valence electrons. The van der Waals surface area contributed by atoms with E-state index in [1.807, 2.05) is 25.1 Å². The maximum atomic E-state index is 12.6. The van der Waals surface area contributed by atoms with Gasteiger partial charge in [-0.2, -0.15) is 0 Å². The molecule has 2 N–H and O–H groups in total. The summed E-state index contributed by atoms with van der Waals surface area (Å²) in [5.41, 5.74) is 4.90. The third kappa shape index (κ3) is 3.26. The van der Waals surface area contributed by atoms with Gasteiger partial charge in [-0.1, -0.05) is 12.1 Å². The summed E-state index contributed by atoms with van der Waals surface area (Å²) in [5.74, 6) is -0.337. The molecule has 0 aliphatic heterocycles. The van der Waals surface area contributed by atoms with Crippen molar-refractivity contribution < 1.29 is 9.59 Å². The molecule has 2 amide bonds. The smallest absolute Gasteiger partial charge is 0.272 e. The summed E-state index contributed by atoms with van der Waals surface area (Å²) in [6.07, 6.45) is 0. The van der Waals surface area contributed by atoms with E-state index in [2.05, 4.69) is 17.2 Å². The number of nitrogens with zero attached hydrogens (tertiary/aromatic N) is 1. The summed E-state index contributed by atoms with van der Waals surface area (Å²) in [4.78, 5) is 29.3. The molecule has 0 saturated heterocycles. The van der Waals surface area contributed by atoms with E-state index in [1.54, 1.807) is 38.4 Å². The largest absolute Gasteiger partial charge is 0.351 e. The Morgan fingerprint density at radius 2 is 1.80 bits per heavy atom. The summed E-state index contributed by atoms with van der Waals surface area (Å²) in [5, 5.41) is 3.89. The lowest BCUT2D eigenvalue weighted by Crippen LogP contribution is -2.22. The number of benzene rings is 2. The summed E-state index contributed by atoms with van der Waals surface area (Å²) < 4.78 is 0. The van der Waals surface area contributed by atoms with Gasteiger partial charge in [-0.25, -0.2) is 0 Å². The van der Waals surface area contributed by atoms with Crippen LogP contribution in [0.2, 0.25) is 0 Å². The Labute approximate surface area is 146 Å². The van der Waals surface area contributed by atoms with Gasteiger partial charge in [0.2, 0.25) is 0 Å². The van der Waals surface area contributed by atoms with Crippen LogP contribution in [0.5, 0.6) is 0 Å². The number of nitrogens with one attached hydrogen (secondary N) is 2. The van der Waals surface area contributed by atoms with Crippen molar-refractivity contribution in [2.24, 2.45) is 0 Å². The zero-order valence-corrected chi connectivity index (χ0v) is 14.8. The van der Waals surface area contributed by atoms with E-state index >= 15 is 0 Å². The third-order valence-electron chi connectivity index (χ3n) is 4.36. The molecule has 0 radical (unpaired) electrons. The predicted molar refractivity (Wildman–Crippen MR) is 100 cm³/mol. The molecule has 1 heterocycles. The second-order valence-electron chi connectivity index (χ2n) is 6.39. The lowest BCUT2D eigenvalue weighted by atomic mass is 10.1. The fourth-order valence-corrected chi connectivity index (χ4v) is 2.77. The third-order valence-corrected chi connectivity index (χ3v) is 4.36. The number of rotatable bonds is 3. The van der Waals surface area contributed by atoms with E-state index in [-0.39, 0.29) is 11.8 Å². The molecule has 1 aromatic heterocycles. The summed E-state index contributed by atoms with van der Waals surface area (Å²) in [6.45, 7) is 4.10. The number of carbonyl (C=O) groups excluding carboxylic acids is 2. The number of hydrogen-bond donors (Lipinski definition) is 2. The highest BCUT2D eigenvalue weighted by molar-refractivity contribution is 6.07. The van der Waals surface area contributed by atoms with Crippen LogP contribution in [-0.4, -0.2) is 35.8 Å². The molecular weight excluding hydrogens is 314 g/mol. The highest BCUT2D eigenvalue weighted by Gasteiger charge is 2.13. The van der Waals surface area contributed by atoms with Crippen molar-refractivity contribution in [3.63, 3.8) is 0 Å². The lowest BCUT2D eigenvalue weighted by molar-refractivity contribution is 0.0827. The molecule has 3 aromatic rings. The molecule has 0 aliphatic rings. The van der Waals surface area contributed by atoms with E-state index in [9.17, 15) is 9.59 Å². The minimum atomic E-state index is -0.234. The number of aromatic nitrogens is 1. The van der Waals surface area contributed by atoms with Gasteiger partial charge in [0.15, 0.2) is 0 Å². The standard InChI is InChI=1S/C20H21N3O2/c1-12-8-9-17-16(13(12)2)11-18(22-17)19(24)21-15-7-5-6-14(10-15)20(25)23(3)4/h5-11,22H,1-4H3,(H,21,24). The van der Waals surface area contributed by atoms with Crippen LogP contribution in [-0.2, 0) is 0 Å². The normalized spacial score (nSPS) is 10.7. The van der Waals surface area contributed by atoms with Crippen LogP contribution in [0.15, 0.2) is 42.5 Å². The Bertz CT molecular complexity index is 970. The second kappa shape index (κ2) is 6.43. The van der Waals surface area contributed by atoms with E-state index in [1.165, 1.54) is 10.5 Å². The maximum absolute atomic E-state index is 12.6. The highest BCUT2D eigenvalue weighted by Crippen LogP contribution is 2.23. The van der Waals surface area contributed by atoms with Crippen LogP contribution >= 0.6 is 0 Å². The van der Waals surface area contributed by atoms with Crippen LogP contribution in [0.25, 0.3) is 10.9 Å². The number of hydrogen-bond acceptors (Lipinski definition) is 2. The fraction of sp³-hybridized carbons (Fsp3) is 0.200. The van der Waals surface area contributed by atoms with Crippen LogP contribution < -0.4 is 5.32 Å². The highest BCUT2D eigenvalue weighted by atomic mass is 16.2. The molecule has 25 heavy (non-hydrogen) atoms. The first-order valence-corrected chi connectivity index (χ1v) is 8.09. The van der Waals surface area contributed by atoms with Gasteiger partial charge < -0.3 is 15.2 Å². The molecule has 0 bridgehead atoms. The molecule has 2 aromatic carbocycles. The van der Waals surface area contributed by atoms with Crippen molar-refractivity contribution in [2.75, 3.05) is 19.4 Å². The van der Waals surface area contributed by atoms with Crippen molar-refractivity contribution in [1.82, 2.24) is 9.88 Å².